The van der Waals surface area contributed by atoms with Crippen molar-refractivity contribution in [2.75, 3.05) is 13.2 Å². The lowest BCUT2D eigenvalue weighted by Crippen LogP contribution is -2.40. The largest absolute Gasteiger partial charge is 0.389 e. The van der Waals surface area contributed by atoms with Gasteiger partial charge in [-0.25, -0.2) is 13.1 Å². The summed E-state index contributed by atoms with van der Waals surface area (Å²) in [6.45, 7) is 7.81. The molecule has 1 aromatic carbocycles. The molecular formula is C14H23NO4S. The Morgan fingerprint density at radius 1 is 1.40 bits per heavy atom. The highest BCUT2D eigenvalue weighted by Gasteiger charge is 2.22. The van der Waals surface area contributed by atoms with Gasteiger partial charge in [-0.05, 0) is 45.4 Å². The van der Waals surface area contributed by atoms with Crippen molar-refractivity contribution >= 4 is 10.0 Å². The average molecular weight is 301 g/mol. The van der Waals surface area contributed by atoms with Gasteiger partial charge in [0.2, 0.25) is 10.0 Å². The van der Waals surface area contributed by atoms with Crippen LogP contribution in [0.4, 0.5) is 0 Å². The number of aliphatic hydroxyl groups is 1. The van der Waals surface area contributed by atoms with Crippen LogP contribution in [0.25, 0.3) is 0 Å². The molecule has 114 valence electrons. The van der Waals surface area contributed by atoms with Crippen LogP contribution in [0.15, 0.2) is 29.2 Å². The second kappa shape index (κ2) is 6.67. The van der Waals surface area contributed by atoms with Gasteiger partial charge >= 0.3 is 0 Å². The molecule has 0 saturated carbocycles. The van der Waals surface area contributed by atoms with Gasteiger partial charge in [-0.15, -0.1) is 0 Å². The van der Waals surface area contributed by atoms with E-state index in [0.29, 0.717) is 12.2 Å². The van der Waals surface area contributed by atoms with Gasteiger partial charge in [0.25, 0.3) is 0 Å². The number of sulfonamides is 1. The van der Waals surface area contributed by atoms with Gasteiger partial charge in [0.15, 0.2) is 0 Å². The Morgan fingerprint density at radius 2 is 2.05 bits per heavy atom. The third-order valence-corrected chi connectivity index (χ3v) is 4.27. The maximum Gasteiger partial charge on any atom is 0.240 e. The highest BCUT2D eigenvalue weighted by atomic mass is 32.2. The standard InChI is InChI=1S/C14H23NO4S/c1-5-19-14(3,4)10-15-20(17,18)13-8-6-7-12(9-13)11(2)16/h6-9,11,15-16H,5,10H2,1-4H3. The minimum absolute atomic E-state index is 0.142. The maximum atomic E-state index is 12.2. The first-order chi connectivity index (χ1) is 9.18. The Kier molecular flexibility index (Phi) is 5.70. The van der Waals surface area contributed by atoms with Crippen molar-refractivity contribution < 1.29 is 18.3 Å². The monoisotopic (exact) mass is 301 g/mol. The molecule has 0 bridgehead atoms. The zero-order valence-electron chi connectivity index (χ0n) is 12.4. The molecule has 0 aromatic heterocycles. The predicted molar refractivity (Wildman–Crippen MR) is 78.0 cm³/mol. The van der Waals surface area contributed by atoms with Crippen LogP contribution in [0.1, 0.15) is 39.4 Å². The minimum atomic E-state index is -3.61. The van der Waals surface area contributed by atoms with Gasteiger partial charge in [-0.2, -0.15) is 0 Å². The fraction of sp³-hybridized carbons (Fsp3) is 0.571. The molecule has 1 aromatic rings. The Hall–Kier alpha value is -0.950. The normalized spacial score (nSPS) is 14.2. The summed E-state index contributed by atoms with van der Waals surface area (Å²) in [5.41, 5.74) is 0.000841. The van der Waals surface area contributed by atoms with E-state index in [2.05, 4.69) is 4.72 Å². The summed E-state index contributed by atoms with van der Waals surface area (Å²) in [5.74, 6) is 0. The van der Waals surface area contributed by atoms with E-state index in [1.54, 1.807) is 19.1 Å². The molecule has 0 spiro atoms. The molecule has 1 atom stereocenters. The average Bonchev–Trinajstić information content (AvgIpc) is 2.37. The maximum absolute atomic E-state index is 12.2. The van der Waals surface area contributed by atoms with Crippen molar-refractivity contribution in [3.8, 4) is 0 Å². The molecule has 0 radical (unpaired) electrons. The number of nitrogens with one attached hydrogen (secondary N) is 1. The first kappa shape index (κ1) is 17.1. The topological polar surface area (TPSA) is 75.6 Å². The first-order valence-corrected chi connectivity index (χ1v) is 8.08. The third kappa shape index (κ3) is 4.86. The van der Waals surface area contributed by atoms with Crippen LogP contribution in [0, 0.1) is 0 Å². The highest BCUT2D eigenvalue weighted by molar-refractivity contribution is 7.89. The molecule has 0 aliphatic heterocycles. The molecule has 0 aliphatic rings. The van der Waals surface area contributed by atoms with Crippen LogP contribution in [-0.2, 0) is 14.8 Å². The van der Waals surface area contributed by atoms with Gasteiger partial charge < -0.3 is 9.84 Å². The van der Waals surface area contributed by atoms with Gasteiger partial charge in [-0.1, -0.05) is 12.1 Å². The van der Waals surface area contributed by atoms with Crippen molar-refractivity contribution in [2.45, 2.75) is 44.3 Å². The summed E-state index contributed by atoms with van der Waals surface area (Å²) in [4.78, 5) is 0.142. The van der Waals surface area contributed by atoms with E-state index in [9.17, 15) is 13.5 Å². The van der Waals surface area contributed by atoms with E-state index < -0.39 is 21.7 Å². The van der Waals surface area contributed by atoms with Crippen molar-refractivity contribution in [1.29, 1.82) is 0 Å². The predicted octanol–water partition coefficient (Wildman–Crippen LogP) is 1.83. The summed E-state index contributed by atoms with van der Waals surface area (Å²) in [7, 11) is -3.61. The molecule has 20 heavy (non-hydrogen) atoms. The molecule has 6 heteroatoms. The molecule has 2 N–H and O–H groups in total. The first-order valence-electron chi connectivity index (χ1n) is 6.59. The van der Waals surface area contributed by atoms with E-state index in [-0.39, 0.29) is 11.4 Å². The van der Waals surface area contributed by atoms with E-state index in [0.717, 1.165) is 0 Å². The molecule has 0 saturated heterocycles. The van der Waals surface area contributed by atoms with Crippen LogP contribution >= 0.6 is 0 Å². The van der Waals surface area contributed by atoms with Crippen molar-refractivity contribution in [3.05, 3.63) is 29.8 Å². The van der Waals surface area contributed by atoms with E-state index >= 15 is 0 Å². The number of hydrogen-bond acceptors (Lipinski definition) is 4. The summed E-state index contributed by atoms with van der Waals surface area (Å²) >= 11 is 0. The summed E-state index contributed by atoms with van der Waals surface area (Å²) in [6.07, 6.45) is -0.704. The molecule has 1 rings (SSSR count). The number of benzene rings is 1. The van der Waals surface area contributed by atoms with Crippen molar-refractivity contribution in [1.82, 2.24) is 4.72 Å². The zero-order chi connectivity index (χ0) is 15.4. The number of ether oxygens (including phenoxy) is 1. The van der Waals surface area contributed by atoms with Crippen LogP contribution in [0.5, 0.6) is 0 Å². The number of hydrogen-bond donors (Lipinski definition) is 2. The Labute approximate surface area is 121 Å². The van der Waals surface area contributed by atoms with Crippen molar-refractivity contribution in [3.63, 3.8) is 0 Å². The van der Waals surface area contributed by atoms with Gasteiger partial charge in [0.1, 0.15) is 0 Å². The fourth-order valence-corrected chi connectivity index (χ4v) is 2.99. The number of rotatable bonds is 7. The second-order valence-corrected chi connectivity index (χ2v) is 7.03. The molecule has 5 nitrogen and oxygen atoms in total. The molecule has 0 aliphatic carbocycles. The molecule has 0 heterocycles. The molecule has 0 amide bonds. The summed E-state index contributed by atoms with van der Waals surface area (Å²) in [6, 6.07) is 6.28. The minimum Gasteiger partial charge on any atom is -0.389 e. The lowest BCUT2D eigenvalue weighted by Gasteiger charge is -2.24. The van der Waals surface area contributed by atoms with Crippen LogP contribution < -0.4 is 4.72 Å². The Morgan fingerprint density at radius 3 is 2.60 bits per heavy atom. The second-order valence-electron chi connectivity index (χ2n) is 5.27. The lowest BCUT2D eigenvalue weighted by molar-refractivity contribution is -0.00515. The molecule has 1 unspecified atom stereocenters. The molecule has 0 fully saturated rings. The van der Waals surface area contributed by atoms with Gasteiger partial charge in [0, 0.05) is 13.2 Å². The fourth-order valence-electron chi connectivity index (χ4n) is 1.74. The summed E-state index contributed by atoms with van der Waals surface area (Å²) in [5, 5.41) is 9.51. The Balaban J connectivity index is 2.86. The number of aliphatic hydroxyl groups excluding tert-OH is 1. The van der Waals surface area contributed by atoms with E-state index in [1.165, 1.54) is 12.1 Å². The van der Waals surface area contributed by atoms with E-state index in [4.69, 9.17) is 4.74 Å². The van der Waals surface area contributed by atoms with Crippen LogP contribution in [0.3, 0.4) is 0 Å². The Bertz CT molecular complexity index is 538. The lowest BCUT2D eigenvalue weighted by atomic mass is 10.1. The smallest absolute Gasteiger partial charge is 0.240 e. The van der Waals surface area contributed by atoms with Crippen LogP contribution in [0.2, 0.25) is 0 Å². The van der Waals surface area contributed by atoms with Gasteiger partial charge in [-0.3, -0.25) is 0 Å². The van der Waals surface area contributed by atoms with Crippen molar-refractivity contribution in [2.24, 2.45) is 0 Å². The molecular weight excluding hydrogens is 278 g/mol. The van der Waals surface area contributed by atoms with Gasteiger partial charge in [0.05, 0.1) is 16.6 Å². The van der Waals surface area contributed by atoms with E-state index in [1.807, 2.05) is 20.8 Å². The highest BCUT2D eigenvalue weighted by Crippen LogP contribution is 2.17. The zero-order valence-corrected chi connectivity index (χ0v) is 13.2. The summed E-state index contributed by atoms with van der Waals surface area (Å²) < 4.78 is 32.4. The quantitative estimate of drug-likeness (QED) is 0.805. The third-order valence-electron chi connectivity index (χ3n) is 2.87. The van der Waals surface area contributed by atoms with Crippen LogP contribution in [-0.4, -0.2) is 32.3 Å². The SMILES string of the molecule is CCOC(C)(C)CNS(=O)(=O)c1cccc(C(C)O)c1.